The molecule has 0 bridgehead atoms. The van der Waals surface area contributed by atoms with Crippen molar-refractivity contribution in [1.82, 2.24) is 15.1 Å². The molecule has 2 aliphatic heterocycles. The van der Waals surface area contributed by atoms with E-state index < -0.39 is 23.5 Å². The third-order valence-corrected chi connectivity index (χ3v) is 6.31. The van der Waals surface area contributed by atoms with Gasteiger partial charge in [0.1, 0.15) is 11.9 Å². The van der Waals surface area contributed by atoms with Gasteiger partial charge in [-0.1, -0.05) is 18.2 Å². The predicted octanol–water partition coefficient (Wildman–Crippen LogP) is 3.84. The van der Waals surface area contributed by atoms with Crippen LogP contribution in [0.15, 0.2) is 47.6 Å². The standard InChI is InChI=1S/C25H27N5O5/c1-25(2,3)30-23-15(12-26-30)17(14-11-16(34-4)19(31)20(32)21(14)35-5)18-22(27-23)28-24(33)29(18)13-9-7-6-8-10-13/h6-12,17-18,31-32H,1-5H3,(H,27,28,33)/t17-,18+/m0/s1. The first-order chi connectivity index (χ1) is 16.7. The Morgan fingerprint density at radius 2 is 1.74 bits per heavy atom. The normalized spacial score (nSPS) is 19.1. The Labute approximate surface area is 202 Å². The maximum Gasteiger partial charge on any atom is 0.328 e. The topological polar surface area (TPSA) is 121 Å². The number of urea groups is 1. The summed E-state index contributed by atoms with van der Waals surface area (Å²) in [6, 6.07) is 9.99. The first-order valence-corrected chi connectivity index (χ1v) is 11.2. The molecule has 2 amide bonds. The van der Waals surface area contributed by atoms with Gasteiger partial charge in [0, 0.05) is 22.7 Å². The van der Waals surface area contributed by atoms with Gasteiger partial charge in [-0.3, -0.25) is 10.2 Å². The molecule has 0 radical (unpaired) electrons. The van der Waals surface area contributed by atoms with Crippen molar-refractivity contribution < 1.29 is 24.5 Å². The van der Waals surface area contributed by atoms with Gasteiger partial charge in [-0.15, -0.1) is 0 Å². The molecular weight excluding hydrogens is 450 g/mol. The third kappa shape index (κ3) is 3.36. The number of para-hydroxylation sites is 1. The lowest BCUT2D eigenvalue weighted by Crippen LogP contribution is -2.42. The van der Waals surface area contributed by atoms with Crippen molar-refractivity contribution in [1.29, 1.82) is 0 Å². The summed E-state index contributed by atoms with van der Waals surface area (Å²) in [4.78, 5) is 19.7. The number of aromatic nitrogens is 2. The number of nitrogens with zero attached hydrogens (tertiary/aromatic N) is 4. The lowest BCUT2D eigenvalue weighted by Gasteiger charge is -2.34. The van der Waals surface area contributed by atoms with E-state index >= 15 is 0 Å². The van der Waals surface area contributed by atoms with E-state index in [1.54, 1.807) is 21.8 Å². The van der Waals surface area contributed by atoms with E-state index in [4.69, 9.17) is 14.5 Å². The molecule has 2 atom stereocenters. The summed E-state index contributed by atoms with van der Waals surface area (Å²) in [5.74, 6) is -0.216. The number of aromatic hydroxyl groups is 2. The lowest BCUT2D eigenvalue weighted by molar-refractivity contribution is 0.252. The fourth-order valence-corrected chi connectivity index (χ4v) is 4.80. The Bertz CT molecular complexity index is 1340. The molecule has 182 valence electrons. The molecule has 3 N–H and O–H groups in total. The average Bonchev–Trinajstić information content (AvgIpc) is 3.40. The van der Waals surface area contributed by atoms with Crippen molar-refractivity contribution in [3.05, 3.63) is 53.7 Å². The molecule has 1 fully saturated rings. The number of benzene rings is 2. The average molecular weight is 478 g/mol. The van der Waals surface area contributed by atoms with E-state index in [9.17, 15) is 15.0 Å². The summed E-state index contributed by atoms with van der Waals surface area (Å²) in [6.07, 6.45) is 1.73. The Morgan fingerprint density at radius 3 is 2.37 bits per heavy atom. The number of aliphatic imine (C=N–C) groups is 1. The Balaban J connectivity index is 1.81. The summed E-state index contributed by atoms with van der Waals surface area (Å²) >= 11 is 0. The molecule has 0 saturated carbocycles. The van der Waals surface area contributed by atoms with Crippen LogP contribution in [-0.4, -0.2) is 52.1 Å². The zero-order valence-corrected chi connectivity index (χ0v) is 20.1. The highest BCUT2D eigenvalue weighted by molar-refractivity contribution is 6.18. The monoisotopic (exact) mass is 477 g/mol. The van der Waals surface area contributed by atoms with Crippen LogP contribution in [-0.2, 0) is 5.54 Å². The molecule has 2 aliphatic rings. The minimum absolute atomic E-state index is 0.0793. The number of phenolic OH excluding ortho intramolecular Hbond substituents is 2. The van der Waals surface area contributed by atoms with E-state index in [-0.39, 0.29) is 23.1 Å². The minimum Gasteiger partial charge on any atom is -0.502 e. The van der Waals surface area contributed by atoms with Gasteiger partial charge in [0.2, 0.25) is 11.5 Å². The fraction of sp³-hybridized carbons (Fsp3) is 0.320. The number of fused-ring (bicyclic) bond motifs is 2. The molecule has 0 spiro atoms. The first-order valence-electron chi connectivity index (χ1n) is 11.2. The molecular formula is C25H27N5O5. The smallest absolute Gasteiger partial charge is 0.328 e. The second-order valence-electron chi connectivity index (χ2n) is 9.46. The van der Waals surface area contributed by atoms with Crippen LogP contribution in [0.5, 0.6) is 23.0 Å². The Kier molecular flexibility index (Phi) is 5.12. The summed E-state index contributed by atoms with van der Waals surface area (Å²) in [7, 11) is 2.81. The second-order valence-corrected chi connectivity index (χ2v) is 9.46. The molecule has 1 saturated heterocycles. The SMILES string of the molecule is COc1cc([C@H]2c3cnn(C(C)(C)C)c3N=C3NC(=O)N(c4ccccc4)[C@@H]32)c(OC)c(O)c1O. The maximum absolute atomic E-state index is 13.2. The predicted molar refractivity (Wildman–Crippen MR) is 130 cm³/mol. The molecule has 1 aromatic heterocycles. The van der Waals surface area contributed by atoms with E-state index in [1.807, 2.05) is 51.1 Å². The number of phenols is 2. The van der Waals surface area contributed by atoms with Crippen LogP contribution < -0.4 is 19.7 Å². The van der Waals surface area contributed by atoms with Crippen molar-refractivity contribution >= 4 is 23.4 Å². The van der Waals surface area contributed by atoms with Gasteiger partial charge in [0.05, 0.1) is 26.0 Å². The maximum atomic E-state index is 13.2. The van der Waals surface area contributed by atoms with Crippen molar-refractivity contribution in [3.63, 3.8) is 0 Å². The molecule has 0 unspecified atom stereocenters. The molecule has 3 heterocycles. The van der Waals surface area contributed by atoms with Crippen molar-refractivity contribution in [2.75, 3.05) is 19.1 Å². The van der Waals surface area contributed by atoms with E-state index in [1.165, 1.54) is 14.2 Å². The summed E-state index contributed by atoms with van der Waals surface area (Å²) in [5, 5.41) is 28.7. The summed E-state index contributed by atoms with van der Waals surface area (Å²) in [5.41, 5.74) is 1.57. The highest BCUT2D eigenvalue weighted by Crippen LogP contribution is 2.53. The van der Waals surface area contributed by atoms with Gasteiger partial charge >= 0.3 is 6.03 Å². The molecule has 10 heteroatoms. The van der Waals surface area contributed by atoms with Crippen LogP contribution in [0.4, 0.5) is 16.3 Å². The molecule has 0 aliphatic carbocycles. The number of carbonyl (C=O) groups is 1. The fourth-order valence-electron chi connectivity index (χ4n) is 4.80. The van der Waals surface area contributed by atoms with Crippen LogP contribution in [0.2, 0.25) is 0 Å². The van der Waals surface area contributed by atoms with Gasteiger partial charge in [-0.25, -0.2) is 14.5 Å². The highest BCUT2D eigenvalue weighted by atomic mass is 16.5. The van der Waals surface area contributed by atoms with Crippen LogP contribution in [0.1, 0.15) is 37.8 Å². The number of rotatable bonds is 4. The summed E-state index contributed by atoms with van der Waals surface area (Å²) in [6.45, 7) is 6.04. The minimum atomic E-state index is -0.586. The van der Waals surface area contributed by atoms with Crippen molar-refractivity contribution in [2.45, 2.75) is 38.3 Å². The van der Waals surface area contributed by atoms with Crippen molar-refractivity contribution in [2.24, 2.45) is 4.99 Å². The molecule has 35 heavy (non-hydrogen) atoms. The number of ether oxygens (including phenoxy) is 2. The Morgan fingerprint density at radius 1 is 1.03 bits per heavy atom. The number of hydrogen-bond acceptors (Lipinski definition) is 7. The van der Waals surface area contributed by atoms with E-state index in [2.05, 4.69) is 10.4 Å². The number of anilines is 1. The number of amides is 2. The summed E-state index contributed by atoms with van der Waals surface area (Å²) < 4.78 is 12.7. The first kappa shape index (κ1) is 22.6. The molecule has 2 aromatic carbocycles. The lowest BCUT2D eigenvalue weighted by atomic mass is 9.82. The van der Waals surface area contributed by atoms with Gasteiger partial charge in [0.25, 0.3) is 0 Å². The highest BCUT2D eigenvalue weighted by Gasteiger charge is 2.49. The van der Waals surface area contributed by atoms with E-state index in [0.717, 1.165) is 5.56 Å². The number of carbonyl (C=O) groups excluding carboxylic acids is 1. The van der Waals surface area contributed by atoms with Gasteiger partial charge in [-0.05, 0) is 39.0 Å². The zero-order chi connectivity index (χ0) is 25.1. The van der Waals surface area contributed by atoms with Crippen molar-refractivity contribution in [3.8, 4) is 23.0 Å². The van der Waals surface area contributed by atoms with Crippen LogP contribution >= 0.6 is 0 Å². The molecule has 3 aromatic rings. The van der Waals surface area contributed by atoms with Gasteiger partial charge in [0.15, 0.2) is 17.3 Å². The number of nitrogens with one attached hydrogen (secondary N) is 1. The zero-order valence-electron chi connectivity index (χ0n) is 20.1. The molecule has 10 nitrogen and oxygen atoms in total. The van der Waals surface area contributed by atoms with Crippen LogP contribution in [0.25, 0.3) is 0 Å². The quantitative estimate of drug-likeness (QED) is 0.491. The number of amidine groups is 1. The number of methoxy groups -OCH3 is 2. The Hall–Kier alpha value is -4.21. The van der Waals surface area contributed by atoms with Gasteiger partial charge < -0.3 is 19.7 Å². The van der Waals surface area contributed by atoms with E-state index in [0.29, 0.717) is 22.9 Å². The third-order valence-electron chi connectivity index (χ3n) is 6.31. The molecule has 5 rings (SSSR count). The largest absolute Gasteiger partial charge is 0.502 e. The van der Waals surface area contributed by atoms with Crippen LogP contribution in [0, 0.1) is 0 Å². The second kappa shape index (κ2) is 7.93. The van der Waals surface area contributed by atoms with Gasteiger partial charge in [-0.2, -0.15) is 5.10 Å². The number of hydrogen-bond donors (Lipinski definition) is 3. The van der Waals surface area contributed by atoms with Crippen LogP contribution in [0.3, 0.4) is 0 Å².